The van der Waals surface area contributed by atoms with Crippen molar-refractivity contribution in [2.75, 3.05) is 12.3 Å². The van der Waals surface area contributed by atoms with E-state index in [4.69, 9.17) is 0 Å². The van der Waals surface area contributed by atoms with E-state index in [9.17, 15) is 8.42 Å². The predicted octanol–water partition coefficient (Wildman–Crippen LogP) is 1.59. The second kappa shape index (κ2) is 4.42. The molecule has 1 saturated heterocycles. The van der Waals surface area contributed by atoms with Crippen LogP contribution in [0.1, 0.15) is 40.5 Å². The molecule has 1 rings (SSSR count). The lowest BCUT2D eigenvalue weighted by molar-refractivity contribution is 0.286. The summed E-state index contributed by atoms with van der Waals surface area (Å²) < 4.78 is 23.2. The Morgan fingerprint density at radius 3 is 2.40 bits per heavy atom. The molecule has 3 nitrogen and oxygen atoms in total. The molecule has 1 aliphatic heterocycles. The molecule has 1 heterocycles. The van der Waals surface area contributed by atoms with Crippen molar-refractivity contribution < 1.29 is 8.42 Å². The van der Waals surface area contributed by atoms with Gasteiger partial charge in [-0.1, -0.05) is 20.8 Å². The van der Waals surface area contributed by atoms with Crippen molar-refractivity contribution in [3.8, 4) is 0 Å². The number of sulfone groups is 1. The van der Waals surface area contributed by atoms with Gasteiger partial charge in [-0.3, -0.25) is 0 Å². The standard InChI is InChI=1S/C11H23NO2S/c1-9(11(2,3)4)12-8-10-6-5-7-15(10,13)14/h9-10,12H,5-8H2,1-4H3. The maximum atomic E-state index is 11.6. The first-order valence-corrected chi connectivity index (χ1v) is 7.40. The third kappa shape index (κ3) is 3.45. The molecule has 0 spiro atoms. The molecule has 0 bridgehead atoms. The maximum Gasteiger partial charge on any atom is 0.154 e. The highest BCUT2D eigenvalue weighted by Crippen LogP contribution is 2.22. The van der Waals surface area contributed by atoms with Crippen molar-refractivity contribution in [2.45, 2.75) is 51.8 Å². The minimum atomic E-state index is -2.79. The lowest BCUT2D eigenvalue weighted by Crippen LogP contribution is -2.42. The second-order valence-electron chi connectivity index (χ2n) is 5.63. The van der Waals surface area contributed by atoms with Crippen LogP contribution in [0.4, 0.5) is 0 Å². The lowest BCUT2D eigenvalue weighted by atomic mass is 9.88. The average molecular weight is 233 g/mol. The van der Waals surface area contributed by atoms with E-state index in [1.807, 2.05) is 0 Å². The molecule has 15 heavy (non-hydrogen) atoms. The van der Waals surface area contributed by atoms with Gasteiger partial charge in [0.15, 0.2) is 9.84 Å². The molecule has 2 unspecified atom stereocenters. The first-order valence-electron chi connectivity index (χ1n) is 5.68. The minimum Gasteiger partial charge on any atom is -0.312 e. The first-order chi connectivity index (χ1) is 6.73. The van der Waals surface area contributed by atoms with Gasteiger partial charge in [-0.2, -0.15) is 0 Å². The van der Waals surface area contributed by atoms with Gasteiger partial charge >= 0.3 is 0 Å². The van der Waals surface area contributed by atoms with E-state index in [0.717, 1.165) is 12.8 Å². The SMILES string of the molecule is CC(NCC1CCCS1(=O)=O)C(C)(C)C. The van der Waals surface area contributed by atoms with Crippen LogP contribution in [-0.2, 0) is 9.84 Å². The van der Waals surface area contributed by atoms with E-state index in [0.29, 0.717) is 18.3 Å². The molecule has 90 valence electrons. The lowest BCUT2D eigenvalue weighted by Gasteiger charge is -2.29. The summed E-state index contributed by atoms with van der Waals surface area (Å²) in [7, 11) is -2.79. The average Bonchev–Trinajstić information content (AvgIpc) is 2.39. The molecule has 4 heteroatoms. The quantitative estimate of drug-likeness (QED) is 0.805. The van der Waals surface area contributed by atoms with Crippen LogP contribution in [0.5, 0.6) is 0 Å². The fourth-order valence-corrected chi connectivity index (χ4v) is 3.48. The van der Waals surface area contributed by atoms with E-state index in [2.05, 4.69) is 33.0 Å². The molecular weight excluding hydrogens is 210 g/mol. The van der Waals surface area contributed by atoms with E-state index in [1.165, 1.54) is 0 Å². The Labute approximate surface area is 93.6 Å². The van der Waals surface area contributed by atoms with Crippen LogP contribution < -0.4 is 5.32 Å². The third-order valence-corrected chi connectivity index (χ3v) is 5.69. The number of nitrogens with one attached hydrogen (secondary N) is 1. The Kier molecular flexibility index (Phi) is 3.82. The minimum absolute atomic E-state index is 0.151. The Bertz CT molecular complexity index is 303. The van der Waals surface area contributed by atoms with Gasteiger partial charge in [0.2, 0.25) is 0 Å². The summed E-state index contributed by atoms with van der Waals surface area (Å²) in [4.78, 5) is 0. The van der Waals surface area contributed by atoms with Gasteiger partial charge in [-0.05, 0) is 25.2 Å². The van der Waals surface area contributed by atoms with Crippen molar-refractivity contribution in [1.82, 2.24) is 5.32 Å². The van der Waals surface area contributed by atoms with Gasteiger partial charge in [0.25, 0.3) is 0 Å². The van der Waals surface area contributed by atoms with Crippen molar-refractivity contribution in [2.24, 2.45) is 5.41 Å². The van der Waals surface area contributed by atoms with Crippen molar-refractivity contribution in [1.29, 1.82) is 0 Å². The molecule has 0 saturated carbocycles. The van der Waals surface area contributed by atoms with Crippen LogP contribution in [0.3, 0.4) is 0 Å². The van der Waals surface area contributed by atoms with Gasteiger partial charge in [-0.25, -0.2) is 8.42 Å². The summed E-state index contributed by atoms with van der Waals surface area (Å²) in [6.07, 6.45) is 1.66. The summed E-state index contributed by atoms with van der Waals surface area (Å²) in [5, 5.41) is 3.19. The third-order valence-electron chi connectivity index (χ3n) is 3.41. The molecule has 0 amide bonds. The summed E-state index contributed by atoms with van der Waals surface area (Å²) in [5.74, 6) is 0.378. The molecule has 1 fully saturated rings. The Morgan fingerprint density at radius 1 is 1.40 bits per heavy atom. The summed E-state index contributed by atoms with van der Waals surface area (Å²) in [6, 6.07) is 0.341. The molecule has 1 N–H and O–H groups in total. The molecular formula is C11H23NO2S. The Balaban J connectivity index is 2.45. The van der Waals surface area contributed by atoms with Crippen LogP contribution in [-0.4, -0.2) is 32.0 Å². The largest absolute Gasteiger partial charge is 0.312 e. The van der Waals surface area contributed by atoms with Crippen LogP contribution in [0, 0.1) is 5.41 Å². The maximum absolute atomic E-state index is 11.6. The van der Waals surface area contributed by atoms with Crippen molar-refractivity contribution in [3.05, 3.63) is 0 Å². The number of hydrogen-bond donors (Lipinski definition) is 1. The normalized spacial score (nSPS) is 27.9. The van der Waals surface area contributed by atoms with Crippen LogP contribution in [0.2, 0.25) is 0 Å². The molecule has 0 aliphatic carbocycles. The van der Waals surface area contributed by atoms with Crippen LogP contribution in [0.25, 0.3) is 0 Å². The first kappa shape index (κ1) is 13.0. The zero-order valence-electron chi connectivity index (χ0n) is 10.2. The highest BCUT2D eigenvalue weighted by molar-refractivity contribution is 7.92. The Morgan fingerprint density at radius 2 is 2.00 bits per heavy atom. The number of rotatable bonds is 3. The van der Waals surface area contributed by atoms with E-state index < -0.39 is 9.84 Å². The van der Waals surface area contributed by atoms with Gasteiger partial charge in [0, 0.05) is 12.6 Å². The highest BCUT2D eigenvalue weighted by atomic mass is 32.2. The van der Waals surface area contributed by atoms with E-state index in [1.54, 1.807) is 0 Å². The molecule has 0 radical (unpaired) electrons. The fourth-order valence-electron chi connectivity index (χ4n) is 1.70. The highest BCUT2D eigenvalue weighted by Gasteiger charge is 2.32. The van der Waals surface area contributed by atoms with Gasteiger partial charge < -0.3 is 5.32 Å². The summed E-state index contributed by atoms with van der Waals surface area (Å²) in [6.45, 7) is 9.21. The van der Waals surface area contributed by atoms with Crippen molar-refractivity contribution in [3.63, 3.8) is 0 Å². The summed E-state index contributed by atoms with van der Waals surface area (Å²) >= 11 is 0. The molecule has 0 aromatic heterocycles. The zero-order chi connectivity index (χ0) is 11.7. The van der Waals surface area contributed by atoms with Crippen LogP contribution >= 0.6 is 0 Å². The zero-order valence-corrected chi connectivity index (χ0v) is 11.0. The monoisotopic (exact) mass is 233 g/mol. The molecule has 0 aromatic rings. The van der Waals surface area contributed by atoms with Crippen molar-refractivity contribution >= 4 is 9.84 Å². The topological polar surface area (TPSA) is 46.2 Å². The molecule has 1 aliphatic rings. The summed E-state index contributed by atoms with van der Waals surface area (Å²) in [5.41, 5.74) is 0.183. The van der Waals surface area contributed by atoms with Gasteiger partial charge in [0.1, 0.15) is 0 Å². The second-order valence-corrected chi connectivity index (χ2v) is 8.03. The number of hydrogen-bond acceptors (Lipinski definition) is 3. The Hall–Kier alpha value is -0.0900. The van der Waals surface area contributed by atoms with E-state index >= 15 is 0 Å². The molecule has 2 atom stereocenters. The van der Waals surface area contributed by atoms with Gasteiger partial charge in [-0.15, -0.1) is 0 Å². The molecule has 0 aromatic carbocycles. The van der Waals surface area contributed by atoms with Gasteiger partial charge in [0.05, 0.1) is 11.0 Å². The van der Waals surface area contributed by atoms with E-state index in [-0.39, 0.29) is 10.7 Å². The smallest absolute Gasteiger partial charge is 0.154 e. The predicted molar refractivity (Wildman–Crippen MR) is 63.7 cm³/mol. The fraction of sp³-hybridized carbons (Fsp3) is 1.00. The van der Waals surface area contributed by atoms with Crippen LogP contribution in [0.15, 0.2) is 0 Å².